The van der Waals surface area contributed by atoms with Crippen molar-refractivity contribution < 1.29 is 14.2 Å². The van der Waals surface area contributed by atoms with Crippen LogP contribution >= 0.6 is 0 Å². The summed E-state index contributed by atoms with van der Waals surface area (Å²) in [6.45, 7) is 5.18. The summed E-state index contributed by atoms with van der Waals surface area (Å²) in [7, 11) is 3.31. The lowest BCUT2D eigenvalue weighted by atomic mass is 10.1. The first-order valence-electron chi connectivity index (χ1n) is 7.24. The summed E-state index contributed by atoms with van der Waals surface area (Å²) < 4.78 is 16.4. The molecule has 4 nitrogen and oxygen atoms in total. The van der Waals surface area contributed by atoms with E-state index in [0.29, 0.717) is 12.2 Å². The van der Waals surface area contributed by atoms with Crippen LogP contribution in [0, 0.1) is 0 Å². The van der Waals surface area contributed by atoms with E-state index in [0.717, 1.165) is 30.9 Å². The molecule has 1 aliphatic rings. The third kappa shape index (κ3) is 3.64. The lowest BCUT2D eigenvalue weighted by molar-refractivity contribution is 0.0546. The number of benzene rings is 1. The Morgan fingerprint density at radius 1 is 1.25 bits per heavy atom. The molecule has 0 radical (unpaired) electrons. The van der Waals surface area contributed by atoms with E-state index in [1.165, 1.54) is 5.56 Å². The lowest BCUT2D eigenvalue weighted by Crippen LogP contribution is -2.29. The molecule has 0 bridgehead atoms. The zero-order chi connectivity index (χ0) is 14.5. The maximum atomic E-state index is 5.82. The number of methoxy groups -OCH3 is 2. The molecule has 3 atom stereocenters. The number of rotatable bonds is 6. The molecular weight excluding hydrogens is 254 g/mol. The van der Waals surface area contributed by atoms with E-state index in [9.17, 15) is 0 Å². The van der Waals surface area contributed by atoms with Gasteiger partial charge in [0, 0.05) is 12.6 Å². The summed E-state index contributed by atoms with van der Waals surface area (Å²) in [6.07, 6.45) is 3.05. The van der Waals surface area contributed by atoms with Crippen LogP contribution < -0.4 is 14.8 Å². The summed E-state index contributed by atoms with van der Waals surface area (Å²) >= 11 is 0. The normalized spacial score (nSPS) is 23.6. The maximum absolute atomic E-state index is 5.82. The molecule has 1 aromatic carbocycles. The monoisotopic (exact) mass is 279 g/mol. The minimum Gasteiger partial charge on any atom is -0.493 e. The van der Waals surface area contributed by atoms with Crippen LogP contribution in [0.2, 0.25) is 0 Å². The molecule has 20 heavy (non-hydrogen) atoms. The van der Waals surface area contributed by atoms with Gasteiger partial charge in [0.15, 0.2) is 11.5 Å². The molecular formula is C16H25NO3. The van der Waals surface area contributed by atoms with Crippen molar-refractivity contribution >= 4 is 0 Å². The minimum atomic E-state index is 0.259. The van der Waals surface area contributed by atoms with Crippen LogP contribution in [-0.2, 0) is 4.74 Å². The van der Waals surface area contributed by atoms with Gasteiger partial charge in [-0.15, -0.1) is 0 Å². The first-order valence-corrected chi connectivity index (χ1v) is 7.24. The molecule has 1 fully saturated rings. The highest BCUT2D eigenvalue weighted by Gasteiger charge is 2.22. The van der Waals surface area contributed by atoms with Gasteiger partial charge in [-0.25, -0.2) is 0 Å². The smallest absolute Gasteiger partial charge is 0.161 e. The van der Waals surface area contributed by atoms with Crippen molar-refractivity contribution in [3.8, 4) is 11.5 Å². The topological polar surface area (TPSA) is 39.7 Å². The fraction of sp³-hybridized carbons (Fsp3) is 0.625. The van der Waals surface area contributed by atoms with E-state index >= 15 is 0 Å². The fourth-order valence-corrected chi connectivity index (χ4v) is 2.58. The predicted octanol–water partition coefficient (Wildman–Crippen LogP) is 2.92. The van der Waals surface area contributed by atoms with Crippen molar-refractivity contribution in [1.82, 2.24) is 5.32 Å². The maximum Gasteiger partial charge on any atom is 0.161 e. The Kier molecular flexibility index (Phi) is 5.26. The van der Waals surface area contributed by atoms with E-state index in [2.05, 4.69) is 25.2 Å². The molecule has 1 saturated heterocycles. The molecule has 0 aromatic heterocycles. The van der Waals surface area contributed by atoms with E-state index in [1.807, 2.05) is 12.1 Å². The third-order valence-corrected chi connectivity index (χ3v) is 3.88. The number of nitrogens with one attached hydrogen (secondary N) is 1. The molecule has 0 amide bonds. The first kappa shape index (κ1) is 15.1. The predicted molar refractivity (Wildman–Crippen MR) is 79.5 cm³/mol. The van der Waals surface area contributed by atoms with Gasteiger partial charge in [-0.2, -0.15) is 0 Å². The van der Waals surface area contributed by atoms with Gasteiger partial charge in [-0.3, -0.25) is 0 Å². The van der Waals surface area contributed by atoms with Crippen molar-refractivity contribution in [1.29, 1.82) is 0 Å². The minimum absolute atomic E-state index is 0.259. The molecule has 1 heterocycles. The molecule has 1 aliphatic heterocycles. The van der Waals surface area contributed by atoms with E-state index in [1.54, 1.807) is 14.2 Å². The van der Waals surface area contributed by atoms with E-state index < -0.39 is 0 Å². The second kappa shape index (κ2) is 6.95. The van der Waals surface area contributed by atoms with Crippen LogP contribution in [-0.4, -0.2) is 33.0 Å². The van der Waals surface area contributed by atoms with Crippen molar-refractivity contribution in [2.24, 2.45) is 0 Å². The highest BCUT2D eigenvalue weighted by molar-refractivity contribution is 5.43. The van der Waals surface area contributed by atoms with Gasteiger partial charge in [-0.05, 0) is 44.4 Å². The molecule has 112 valence electrons. The van der Waals surface area contributed by atoms with Gasteiger partial charge in [-0.1, -0.05) is 6.07 Å². The Morgan fingerprint density at radius 3 is 2.60 bits per heavy atom. The lowest BCUT2D eigenvalue weighted by Gasteiger charge is -2.19. The van der Waals surface area contributed by atoms with Crippen LogP contribution in [0.3, 0.4) is 0 Å². The Labute approximate surface area is 121 Å². The van der Waals surface area contributed by atoms with Gasteiger partial charge >= 0.3 is 0 Å². The van der Waals surface area contributed by atoms with Crippen LogP contribution in [0.1, 0.15) is 38.3 Å². The molecule has 1 N–H and O–H groups in total. The third-order valence-electron chi connectivity index (χ3n) is 3.88. The summed E-state index contributed by atoms with van der Waals surface area (Å²) in [5.74, 6) is 1.53. The SMILES string of the molecule is COc1ccc(C(C)NCC2CCC(C)O2)cc1OC. The Morgan fingerprint density at radius 2 is 2.00 bits per heavy atom. The van der Waals surface area contributed by atoms with Gasteiger partial charge in [0.05, 0.1) is 26.4 Å². The van der Waals surface area contributed by atoms with Crippen LogP contribution in [0.25, 0.3) is 0 Å². The average molecular weight is 279 g/mol. The standard InChI is InChI=1S/C16H25NO3/c1-11-5-7-14(20-11)10-17-12(2)13-6-8-15(18-3)16(9-13)19-4/h6,8-9,11-12,14,17H,5,7,10H2,1-4H3. The van der Waals surface area contributed by atoms with Crippen molar-refractivity contribution in [3.63, 3.8) is 0 Å². The van der Waals surface area contributed by atoms with Crippen LogP contribution in [0.5, 0.6) is 11.5 Å². The Bertz CT molecular complexity index is 436. The Hall–Kier alpha value is -1.26. The van der Waals surface area contributed by atoms with Crippen LogP contribution in [0.15, 0.2) is 18.2 Å². The Balaban J connectivity index is 1.93. The number of hydrogen-bond acceptors (Lipinski definition) is 4. The van der Waals surface area contributed by atoms with Crippen molar-refractivity contribution in [2.45, 2.75) is 44.9 Å². The van der Waals surface area contributed by atoms with Crippen molar-refractivity contribution in [2.75, 3.05) is 20.8 Å². The molecule has 3 unspecified atom stereocenters. The van der Waals surface area contributed by atoms with E-state index in [4.69, 9.17) is 14.2 Å². The van der Waals surface area contributed by atoms with Gasteiger partial charge < -0.3 is 19.5 Å². The molecule has 1 aromatic rings. The molecule has 0 spiro atoms. The number of ether oxygens (including phenoxy) is 3. The quantitative estimate of drug-likeness (QED) is 0.869. The largest absolute Gasteiger partial charge is 0.493 e. The zero-order valence-electron chi connectivity index (χ0n) is 12.8. The van der Waals surface area contributed by atoms with Gasteiger partial charge in [0.1, 0.15) is 0 Å². The second-order valence-corrected chi connectivity index (χ2v) is 5.39. The summed E-state index contributed by atoms with van der Waals surface area (Å²) in [4.78, 5) is 0. The molecule has 4 heteroatoms. The zero-order valence-corrected chi connectivity index (χ0v) is 12.8. The average Bonchev–Trinajstić information content (AvgIpc) is 2.89. The second-order valence-electron chi connectivity index (χ2n) is 5.39. The number of hydrogen-bond donors (Lipinski definition) is 1. The van der Waals surface area contributed by atoms with Crippen molar-refractivity contribution in [3.05, 3.63) is 23.8 Å². The van der Waals surface area contributed by atoms with Crippen LogP contribution in [0.4, 0.5) is 0 Å². The van der Waals surface area contributed by atoms with Gasteiger partial charge in [0.2, 0.25) is 0 Å². The molecule has 0 saturated carbocycles. The highest BCUT2D eigenvalue weighted by atomic mass is 16.5. The highest BCUT2D eigenvalue weighted by Crippen LogP contribution is 2.30. The molecule has 2 rings (SSSR count). The van der Waals surface area contributed by atoms with Gasteiger partial charge in [0.25, 0.3) is 0 Å². The first-order chi connectivity index (χ1) is 9.63. The van der Waals surface area contributed by atoms with E-state index in [-0.39, 0.29) is 6.04 Å². The molecule has 0 aliphatic carbocycles. The summed E-state index contributed by atoms with van der Waals surface area (Å²) in [5.41, 5.74) is 1.19. The summed E-state index contributed by atoms with van der Waals surface area (Å²) in [6, 6.07) is 6.29. The summed E-state index contributed by atoms with van der Waals surface area (Å²) in [5, 5.41) is 3.53. The fourth-order valence-electron chi connectivity index (χ4n) is 2.58.